The third kappa shape index (κ3) is 2.46. The van der Waals surface area contributed by atoms with Crippen LogP contribution in [0.15, 0.2) is 41.2 Å². The van der Waals surface area contributed by atoms with Gasteiger partial charge in [0.2, 0.25) is 5.91 Å². The number of benzene rings is 1. The highest BCUT2D eigenvalue weighted by Gasteiger charge is 2.35. The number of fused-ring (bicyclic) bond motifs is 1. The number of para-hydroxylation sites is 1. The fraction of sp³-hybridized carbons (Fsp3) is 0.389. The molecule has 0 saturated carbocycles. The molecule has 1 fully saturated rings. The van der Waals surface area contributed by atoms with Crippen molar-refractivity contribution in [2.75, 3.05) is 6.54 Å². The zero-order valence-corrected chi connectivity index (χ0v) is 12.9. The van der Waals surface area contributed by atoms with E-state index in [9.17, 15) is 9.59 Å². The molecule has 2 aromatic rings. The number of likely N-dealkylation sites (tertiary alicyclic amines) is 1. The highest BCUT2D eigenvalue weighted by molar-refractivity contribution is 5.81. The molecule has 1 aromatic heterocycles. The summed E-state index contributed by atoms with van der Waals surface area (Å²) in [6.45, 7) is 0.747. The molecule has 4 rings (SSSR count). The highest BCUT2D eigenvalue weighted by atomic mass is 16.2. The van der Waals surface area contributed by atoms with E-state index in [0.29, 0.717) is 16.7 Å². The molecule has 2 aliphatic rings. The molecule has 118 valence electrons. The summed E-state index contributed by atoms with van der Waals surface area (Å²) in [7, 11) is 0. The van der Waals surface area contributed by atoms with E-state index in [0.717, 1.165) is 32.2 Å². The van der Waals surface area contributed by atoms with Gasteiger partial charge in [0.05, 0.1) is 16.9 Å². The van der Waals surface area contributed by atoms with Crippen LogP contribution >= 0.6 is 0 Å². The topological polar surface area (TPSA) is 66.1 Å². The lowest BCUT2D eigenvalue weighted by Crippen LogP contribution is -2.36. The number of allylic oxidation sites excluding steroid dienone is 2. The van der Waals surface area contributed by atoms with E-state index in [4.69, 9.17) is 0 Å². The maximum atomic E-state index is 12.7. The molecule has 1 saturated heterocycles. The van der Waals surface area contributed by atoms with Gasteiger partial charge in [0.15, 0.2) is 0 Å². The minimum atomic E-state index is -0.132. The Morgan fingerprint density at radius 2 is 2.00 bits per heavy atom. The predicted molar refractivity (Wildman–Crippen MR) is 87.9 cm³/mol. The van der Waals surface area contributed by atoms with Gasteiger partial charge in [-0.3, -0.25) is 9.59 Å². The summed E-state index contributed by atoms with van der Waals surface area (Å²) in [5.41, 5.74) is 0.556. The Balaban J connectivity index is 1.68. The van der Waals surface area contributed by atoms with Crippen molar-refractivity contribution >= 4 is 16.8 Å². The first-order valence-corrected chi connectivity index (χ1v) is 8.18. The molecule has 0 bridgehead atoms. The van der Waals surface area contributed by atoms with Gasteiger partial charge in [-0.2, -0.15) is 0 Å². The lowest BCUT2D eigenvalue weighted by Gasteiger charge is -2.26. The summed E-state index contributed by atoms with van der Waals surface area (Å²) < 4.78 is 0. The van der Waals surface area contributed by atoms with E-state index in [1.165, 1.54) is 0 Å². The zero-order valence-electron chi connectivity index (χ0n) is 12.9. The number of nitrogens with zero attached hydrogens (tertiary/aromatic N) is 2. The monoisotopic (exact) mass is 309 g/mol. The summed E-state index contributed by atoms with van der Waals surface area (Å²) in [4.78, 5) is 34.4. The average molecular weight is 309 g/mol. The van der Waals surface area contributed by atoms with Crippen LogP contribution in [0.1, 0.15) is 37.5 Å². The first kappa shape index (κ1) is 14.2. The molecule has 0 spiro atoms. The lowest BCUT2D eigenvalue weighted by molar-refractivity contribution is -0.136. The maximum Gasteiger partial charge on any atom is 0.258 e. The first-order chi connectivity index (χ1) is 11.2. The number of nitrogens with one attached hydrogen (secondary N) is 1. The smallest absolute Gasteiger partial charge is 0.258 e. The van der Waals surface area contributed by atoms with Crippen molar-refractivity contribution < 1.29 is 4.79 Å². The van der Waals surface area contributed by atoms with Crippen LogP contribution in [0.4, 0.5) is 0 Å². The summed E-state index contributed by atoms with van der Waals surface area (Å²) in [6, 6.07) is 7.21. The van der Waals surface area contributed by atoms with Crippen LogP contribution in [0.25, 0.3) is 10.9 Å². The van der Waals surface area contributed by atoms with Crippen molar-refractivity contribution in [2.24, 2.45) is 5.92 Å². The van der Waals surface area contributed by atoms with Crippen LogP contribution < -0.4 is 5.56 Å². The molecule has 1 atom stereocenters. The Morgan fingerprint density at radius 1 is 1.22 bits per heavy atom. The van der Waals surface area contributed by atoms with Crippen molar-refractivity contribution in [3.05, 3.63) is 52.6 Å². The molecule has 1 unspecified atom stereocenters. The second kappa shape index (κ2) is 5.65. The molecule has 0 radical (unpaired) electrons. The van der Waals surface area contributed by atoms with Gasteiger partial charge in [-0.25, -0.2) is 4.98 Å². The Bertz CT molecular complexity index is 832. The number of carbonyl (C=O) groups is 1. The number of carbonyl (C=O) groups excluding carboxylic acids is 1. The molecule has 1 amide bonds. The second-order valence-electron chi connectivity index (χ2n) is 6.30. The number of amides is 1. The molecule has 2 heterocycles. The normalized spacial score (nSPS) is 21.4. The number of aromatic amines is 1. The van der Waals surface area contributed by atoms with Crippen LogP contribution in [0.3, 0.4) is 0 Å². The van der Waals surface area contributed by atoms with Crippen LogP contribution in [0, 0.1) is 5.92 Å². The molecule has 1 N–H and O–H groups in total. The molecular formula is C18H19N3O2. The van der Waals surface area contributed by atoms with Crippen molar-refractivity contribution in [1.29, 1.82) is 0 Å². The van der Waals surface area contributed by atoms with E-state index >= 15 is 0 Å². The molecule has 1 aromatic carbocycles. The summed E-state index contributed by atoms with van der Waals surface area (Å²) >= 11 is 0. The number of rotatable bonds is 2. The van der Waals surface area contributed by atoms with Gasteiger partial charge in [0.1, 0.15) is 5.82 Å². The lowest BCUT2D eigenvalue weighted by atomic mass is 10.0. The predicted octanol–water partition coefficient (Wildman–Crippen LogP) is 2.55. The van der Waals surface area contributed by atoms with Gasteiger partial charge < -0.3 is 9.88 Å². The third-order valence-corrected chi connectivity index (χ3v) is 4.84. The first-order valence-electron chi connectivity index (χ1n) is 8.18. The average Bonchev–Trinajstić information content (AvgIpc) is 3.26. The van der Waals surface area contributed by atoms with E-state index in [-0.39, 0.29) is 23.4 Å². The Kier molecular flexibility index (Phi) is 3.48. The number of hydrogen-bond acceptors (Lipinski definition) is 3. The SMILES string of the molecule is O=C(C1CC=CC1)N1CCCC1c1nc2ccccc2c(=O)[nH]1. The van der Waals surface area contributed by atoms with E-state index < -0.39 is 0 Å². The Hall–Kier alpha value is -2.43. The summed E-state index contributed by atoms with van der Waals surface area (Å²) in [5.74, 6) is 0.863. The van der Waals surface area contributed by atoms with Crippen LogP contribution in [-0.4, -0.2) is 27.3 Å². The van der Waals surface area contributed by atoms with Gasteiger partial charge >= 0.3 is 0 Å². The van der Waals surface area contributed by atoms with Crippen molar-refractivity contribution in [2.45, 2.75) is 31.7 Å². The molecule has 23 heavy (non-hydrogen) atoms. The van der Waals surface area contributed by atoms with E-state index in [2.05, 4.69) is 22.1 Å². The molecule has 5 heteroatoms. The van der Waals surface area contributed by atoms with Crippen molar-refractivity contribution in [1.82, 2.24) is 14.9 Å². The number of H-pyrrole nitrogens is 1. The molecular weight excluding hydrogens is 290 g/mol. The number of aromatic nitrogens is 2. The molecule has 1 aliphatic carbocycles. The van der Waals surface area contributed by atoms with Crippen LogP contribution in [-0.2, 0) is 4.79 Å². The fourth-order valence-electron chi connectivity index (χ4n) is 3.63. The van der Waals surface area contributed by atoms with Crippen molar-refractivity contribution in [3.8, 4) is 0 Å². The van der Waals surface area contributed by atoms with Crippen LogP contribution in [0.2, 0.25) is 0 Å². The largest absolute Gasteiger partial charge is 0.332 e. The minimum Gasteiger partial charge on any atom is -0.332 e. The third-order valence-electron chi connectivity index (χ3n) is 4.84. The fourth-order valence-corrected chi connectivity index (χ4v) is 3.63. The van der Waals surface area contributed by atoms with Gasteiger partial charge in [-0.05, 0) is 37.8 Å². The Labute approximate surface area is 134 Å². The Morgan fingerprint density at radius 3 is 2.83 bits per heavy atom. The molecule has 1 aliphatic heterocycles. The van der Waals surface area contributed by atoms with Crippen molar-refractivity contribution in [3.63, 3.8) is 0 Å². The van der Waals surface area contributed by atoms with Gasteiger partial charge in [-0.15, -0.1) is 0 Å². The standard InChI is InChI=1S/C18H19N3O2/c22-17-13-8-3-4-9-14(13)19-16(20-17)15-10-5-11-21(15)18(23)12-6-1-2-7-12/h1-4,8-9,12,15H,5-7,10-11H2,(H,19,20,22). The maximum absolute atomic E-state index is 12.7. The zero-order chi connectivity index (χ0) is 15.8. The number of hydrogen-bond donors (Lipinski definition) is 1. The van der Waals surface area contributed by atoms with E-state index in [1.54, 1.807) is 6.07 Å². The van der Waals surface area contributed by atoms with Gasteiger partial charge in [-0.1, -0.05) is 24.3 Å². The second-order valence-corrected chi connectivity index (χ2v) is 6.30. The summed E-state index contributed by atoms with van der Waals surface area (Å²) in [5, 5.41) is 0.590. The minimum absolute atomic E-state index is 0.0581. The van der Waals surface area contributed by atoms with Gasteiger partial charge in [0.25, 0.3) is 5.56 Å². The quantitative estimate of drug-likeness (QED) is 0.867. The highest BCUT2D eigenvalue weighted by Crippen LogP contribution is 2.33. The van der Waals surface area contributed by atoms with E-state index in [1.807, 2.05) is 23.1 Å². The summed E-state index contributed by atoms with van der Waals surface area (Å²) in [6.07, 6.45) is 7.60. The van der Waals surface area contributed by atoms with Gasteiger partial charge in [0, 0.05) is 12.5 Å². The van der Waals surface area contributed by atoms with Crippen LogP contribution in [0.5, 0.6) is 0 Å². The molecule has 5 nitrogen and oxygen atoms in total.